The van der Waals surface area contributed by atoms with Gasteiger partial charge < -0.3 is 4.42 Å². The highest BCUT2D eigenvalue weighted by atomic mass is 32.1. The lowest BCUT2D eigenvalue weighted by molar-refractivity contribution is 0.669. The molecule has 210 valence electrons. The van der Waals surface area contributed by atoms with Gasteiger partial charge in [-0.2, -0.15) is 0 Å². The van der Waals surface area contributed by atoms with Crippen molar-refractivity contribution in [2.75, 3.05) is 0 Å². The van der Waals surface area contributed by atoms with E-state index in [1.54, 1.807) is 0 Å². The van der Waals surface area contributed by atoms with Gasteiger partial charge in [0.1, 0.15) is 11.2 Å². The molecule has 3 heterocycles. The molecule has 7 aromatic carbocycles. The first-order valence-corrected chi connectivity index (χ1v) is 16.8. The van der Waals surface area contributed by atoms with E-state index in [1.807, 2.05) is 34.8 Å². The molecule has 0 saturated heterocycles. The summed E-state index contributed by atoms with van der Waals surface area (Å²) in [5.41, 5.74) is 9.33. The zero-order chi connectivity index (χ0) is 29.5. The average molecular weight is 609 g/mol. The normalized spacial score (nSPS) is 12.0. The minimum Gasteiger partial charge on any atom is -0.456 e. The molecule has 10 rings (SSSR count). The standard InChI is InChI=1S/C42H24OS2/c1-3-16-37-31(10-1)36-23-26(19-21-38(36)43-37)25-8-5-9-27(22-25)29-12-6-14-34-35-15-7-13-30(42(35)45-41(29)34)28-18-20-33-32-11-2-4-17-39(32)44-40(33)24-28/h1-24H. The van der Waals surface area contributed by atoms with Gasteiger partial charge in [0.05, 0.1) is 0 Å². The summed E-state index contributed by atoms with van der Waals surface area (Å²) in [6.45, 7) is 0. The molecule has 0 radical (unpaired) electrons. The minimum atomic E-state index is 0.924. The van der Waals surface area contributed by atoms with Crippen LogP contribution in [0.4, 0.5) is 0 Å². The summed E-state index contributed by atoms with van der Waals surface area (Å²) in [4.78, 5) is 0. The molecular weight excluding hydrogens is 585 g/mol. The monoisotopic (exact) mass is 608 g/mol. The first-order chi connectivity index (χ1) is 22.3. The van der Waals surface area contributed by atoms with Gasteiger partial charge in [0, 0.05) is 51.1 Å². The first-order valence-electron chi connectivity index (χ1n) is 15.2. The van der Waals surface area contributed by atoms with Crippen molar-refractivity contribution in [3.05, 3.63) is 146 Å². The summed E-state index contributed by atoms with van der Waals surface area (Å²) in [6, 6.07) is 53.0. The van der Waals surface area contributed by atoms with Crippen LogP contribution in [0.5, 0.6) is 0 Å². The largest absolute Gasteiger partial charge is 0.456 e. The number of benzene rings is 7. The van der Waals surface area contributed by atoms with Crippen LogP contribution in [0.2, 0.25) is 0 Å². The van der Waals surface area contributed by atoms with Crippen molar-refractivity contribution in [2.45, 2.75) is 0 Å². The predicted octanol–water partition coefficient (Wildman–Crippen LogP) is 13.3. The fourth-order valence-electron chi connectivity index (χ4n) is 6.94. The molecule has 0 spiro atoms. The fourth-order valence-corrected chi connectivity index (χ4v) is 9.46. The van der Waals surface area contributed by atoms with Crippen LogP contribution in [-0.2, 0) is 0 Å². The summed E-state index contributed by atoms with van der Waals surface area (Å²) in [5.74, 6) is 0. The molecule has 0 aliphatic carbocycles. The maximum absolute atomic E-state index is 6.09. The Bertz CT molecular complexity index is 2770. The van der Waals surface area contributed by atoms with Crippen LogP contribution in [-0.4, -0.2) is 0 Å². The fraction of sp³-hybridized carbons (Fsp3) is 0. The summed E-state index contributed by atoms with van der Waals surface area (Å²) in [6.07, 6.45) is 0. The number of rotatable bonds is 3. The van der Waals surface area contributed by atoms with E-state index in [-0.39, 0.29) is 0 Å². The van der Waals surface area contributed by atoms with Crippen LogP contribution < -0.4 is 0 Å². The molecule has 10 aromatic rings. The molecule has 0 N–H and O–H groups in total. The third-order valence-corrected chi connectivity index (χ3v) is 11.5. The highest BCUT2D eigenvalue weighted by molar-refractivity contribution is 7.27. The molecule has 0 unspecified atom stereocenters. The molecule has 3 heteroatoms. The Labute approximate surface area is 267 Å². The highest BCUT2D eigenvalue weighted by Gasteiger charge is 2.16. The van der Waals surface area contributed by atoms with Crippen molar-refractivity contribution in [3.8, 4) is 33.4 Å². The van der Waals surface area contributed by atoms with Crippen molar-refractivity contribution in [1.82, 2.24) is 0 Å². The van der Waals surface area contributed by atoms with Crippen molar-refractivity contribution in [3.63, 3.8) is 0 Å². The zero-order valence-electron chi connectivity index (χ0n) is 24.1. The lowest BCUT2D eigenvalue weighted by Gasteiger charge is -2.08. The summed E-state index contributed by atoms with van der Waals surface area (Å²) in [7, 11) is 0. The highest BCUT2D eigenvalue weighted by Crippen LogP contribution is 2.45. The molecule has 0 bridgehead atoms. The Morgan fingerprint density at radius 3 is 1.78 bits per heavy atom. The van der Waals surface area contributed by atoms with E-state index in [0.717, 1.165) is 21.9 Å². The van der Waals surface area contributed by atoms with Gasteiger partial charge in [-0.25, -0.2) is 0 Å². The van der Waals surface area contributed by atoms with Gasteiger partial charge in [0.15, 0.2) is 0 Å². The lowest BCUT2D eigenvalue weighted by atomic mass is 9.96. The van der Waals surface area contributed by atoms with E-state index in [1.165, 1.54) is 73.7 Å². The molecular formula is C42H24OS2. The van der Waals surface area contributed by atoms with Crippen molar-refractivity contribution >= 4 is 85.0 Å². The number of thiophene rings is 2. The molecule has 0 fully saturated rings. The van der Waals surface area contributed by atoms with E-state index >= 15 is 0 Å². The SMILES string of the molecule is c1cc(-c2ccc3oc4ccccc4c3c2)cc(-c2cccc3c2sc2c(-c4ccc5c(c4)sc4ccccc45)cccc23)c1. The molecule has 3 aromatic heterocycles. The third kappa shape index (κ3) is 3.85. The zero-order valence-corrected chi connectivity index (χ0v) is 25.7. The van der Waals surface area contributed by atoms with Gasteiger partial charge in [0.25, 0.3) is 0 Å². The minimum absolute atomic E-state index is 0.924. The molecule has 0 saturated carbocycles. The number of hydrogen-bond donors (Lipinski definition) is 0. The third-order valence-electron chi connectivity index (χ3n) is 9.10. The molecule has 1 nitrogen and oxygen atoms in total. The predicted molar refractivity (Wildman–Crippen MR) is 196 cm³/mol. The van der Waals surface area contributed by atoms with Gasteiger partial charge >= 0.3 is 0 Å². The van der Waals surface area contributed by atoms with E-state index in [0.29, 0.717) is 0 Å². The second-order valence-electron chi connectivity index (χ2n) is 11.7. The van der Waals surface area contributed by atoms with Crippen molar-refractivity contribution < 1.29 is 4.42 Å². The number of hydrogen-bond acceptors (Lipinski definition) is 3. The molecule has 0 aliphatic heterocycles. The average Bonchev–Trinajstić information content (AvgIpc) is 3.78. The van der Waals surface area contributed by atoms with E-state index in [9.17, 15) is 0 Å². The summed E-state index contributed by atoms with van der Waals surface area (Å²) < 4.78 is 11.4. The summed E-state index contributed by atoms with van der Waals surface area (Å²) in [5, 5.41) is 7.62. The molecule has 0 atom stereocenters. The maximum atomic E-state index is 6.09. The Morgan fingerprint density at radius 1 is 0.333 bits per heavy atom. The second-order valence-corrected chi connectivity index (χ2v) is 13.8. The number of fused-ring (bicyclic) bond motifs is 9. The van der Waals surface area contributed by atoms with Crippen LogP contribution in [0.15, 0.2) is 150 Å². The Hall–Kier alpha value is -5.22. The van der Waals surface area contributed by atoms with Crippen LogP contribution in [0, 0.1) is 0 Å². The van der Waals surface area contributed by atoms with Gasteiger partial charge in [-0.15, -0.1) is 22.7 Å². The first kappa shape index (κ1) is 25.1. The van der Waals surface area contributed by atoms with E-state index < -0.39 is 0 Å². The van der Waals surface area contributed by atoms with E-state index in [4.69, 9.17) is 4.42 Å². The summed E-state index contributed by atoms with van der Waals surface area (Å²) >= 11 is 3.79. The van der Waals surface area contributed by atoms with Crippen LogP contribution >= 0.6 is 22.7 Å². The Kier molecular flexibility index (Phi) is 5.39. The topological polar surface area (TPSA) is 13.1 Å². The van der Waals surface area contributed by atoms with Crippen LogP contribution in [0.25, 0.3) is 95.7 Å². The van der Waals surface area contributed by atoms with E-state index in [2.05, 4.69) is 133 Å². The second kappa shape index (κ2) is 9.64. The molecule has 0 amide bonds. The quantitative estimate of drug-likeness (QED) is 0.194. The van der Waals surface area contributed by atoms with Crippen molar-refractivity contribution in [1.29, 1.82) is 0 Å². The van der Waals surface area contributed by atoms with Gasteiger partial charge in [-0.3, -0.25) is 0 Å². The lowest BCUT2D eigenvalue weighted by Crippen LogP contribution is -1.82. The number of furan rings is 1. The Morgan fingerprint density at radius 2 is 0.933 bits per heavy atom. The molecule has 45 heavy (non-hydrogen) atoms. The molecule has 0 aliphatic rings. The Balaban J connectivity index is 1.11. The maximum Gasteiger partial charge on any atom is 0.135 e. The van der Waals surface area contributed by atoms with Gasteiger partial charge in [-0.1, -0.05) is 109 Å². The number of para-hydroxylation sites is 1. The van der Waals surface area contributed by atoms with Gasteiger partial charge in [-0.05, 0) is 69.8 Å². The van der Waals surface area contributed by atoms with Crippen LogP contribution in [0.1, 0.15) is 0 Å². The smallest absolute Gasteiger partial charge is 0.135 e. The van der Waals surface area contributed by atoms with Gasteiger partial charge in [0.2, 0.25) is 0 Å². The van der Waals surface area contributed by atoms with Crippen molar-refractivity contribution in [2.24, 2.45) is 0 Å². The van der Waals surface area contributed by atoms with Crippen LogP contribution in [0.3, 0.4) is 0 Å².